The second-order valence-corrected chi connectivity index (χ2v) is 6.02. The Morgan fingerprint density at radius 1 is 1.14 bits per heavy atom. The molecule has 0 aliphatic carbocycles. The minimum absolute atomic E-state index is 0.0738. The summed E-state index contributed by atoms with van der Waals surface area (Å²) in [6.07, 6.45) is 10.4. The van der Waals surface area contributed by atoms with E-state index in [1.54, 1.807) is 12.4 Å². The quantitative estimate of drug-likeness (QED) is 0.857. The number of aromatic nitrogens is 2. The summed E-state index contributed by atoms with van der Waals surface area (Å²) >= 11 is 0. The largest absolute Gasteiger partial charge is 0.339 e. The molecule has 1 aromatic rings. The lowest BCUT2D eigenvalue weighted by Crippen LogP contribution is -2.40. The number of nitrogens with zero attached hydrogens (tertiary/aromatic N) is 4. The van der Waals surface area contributed by atoms with Gasteiger partial charge in [-0.25, -0.2) is 9.97 Å². The maximum atomic E-state index is 12.3. The third kappa shape index (κ3) is 3.01. The summed E-state index contributed by atoms with van der Waals surface area (Å²) in [7, 11) is 0. The first kappa shape index (κ1) is 14.3. The van der Waals surface area contributed by atoms with Crippen LogP contribution in [0, 0.1) is 0 Å². The lowest BCUT2D eigenvalue weighted by atomic mass is 10.0. The van der Waals surface area contributed by atoms with Crippen LogP contribution in [0.15, 0.2) is 12.4 Å². The van der Waals surface area contributed by atoms with Crippen molar-refractivity contribution in [2.45, 2.75) is 51.5 Å². The van der Waals surface area contributed by atoms with E-state index >= 15 is 0 Å². The second-order valence-electron chi connectivity index (χ2n) is 6.02. The van der Waals surface area contributed by atoms with Crippen LogP contribution in [0.4, 0.5) is 5.95 Å². The van der Waals surface area contributed by atoms with Crippen molar-refractivity contribution < 1.29 is 4.79 Å². The smallest absolute Gasteiger partial charge is 0.256 e. The fraction of sp³-hybridized carbons (Fsp3) is 0.688. The second kappa shape index (κ2) is 6.41. The highest BCUT2D eigenvalue weighted by Crippen LogP contribution is 2.23. The van der Waals surface area contributed by atoms with Crippen molar-refractivity contribution >= 4 is 11.9 Å². The highest BCUT2D eigenvalue weighted by Gasteiger charge is 2.24. The summed E-state index contributed by atoms with van der Waals surface area (Å²) in [5.74, 6) is 0.851. The van der Waals surface area contributed by atoms with Crippen molar-refractivity contribution in [3.63, 3.8) is 0 Å². The van der Waals surface area contributed by atoms with E-state index in [1.807, 2.05) is 4.90 Å². The molecule has 0 spiro atoms. The fourth-order valence-electron chi connectivity index (χ4n) is 3.37. The molecule has 1 aromatic heterocycles. The van der Waals surface area contributed by atoms with Gasteiger partial charge in [-0.15, -0.1) is 0 Å². The lowest BCUT2D eigenvalue weighted by Gasteiger charge is -2.35. The van der Waals surface area contributed by atoms with Crippen molar-refractivity contribution in [3.8, 4) is 0 Å². The van der Waals surface area contributed by atoms with E-state index in [0.717, 1.165) is 44.8 Å². The first-order chi connectivity index (χ1) is 10.3. The van der Waals surface area contributed by atoms with E-state index < -0.39 is 0 Å². The summed E-state index contributed by atoms with van der Waals surface area (Å²) in [5, 5.41) is 0. The first-order valence-electron chi connectivity index (χ1n) is 8.17. The van der Waals surface area contributed by atoms with E-state index in [-0.39, 0.29) is 5.91 Å². The number of piperidine rings is 1. The van der Waals surface area contributed by atoms with Crippen LogP contribution in [-0.4, -0.2) is 46.5 Å². The van der Waals surface area contributed by atoms with Crippen LogP contribution in [0.2, 0.25) is 0 Å². The van der Waals surface area contributed by atoms with Gasteiger partial charge in [-0.3, -0.25) is 4.79 Å². The molecule has 21 heavy (non-hydrogen) atoms. The van der Waals surface area contributed by atoms with Gasteiger partial charge in [0.05, 0.1) is 5.56 Å². The van der Waals surface area contributed by atoms with E-state index in [0.29, 0.717) is 11.6 Å². The summed E-state index contributed by atoms with van der Waals surface area (Å²) < 4.78 is 0. The molecule has 2 saturated heterocycles. The molecular weight excluding hydrogens is 264 g/mol. The SMILES string of the molecule is CCC1CCCCN1c1ncc(C(=O)N2CCCC2)cn1. The van der Waals surface area contributed by atoms with Gasteiger partial charge >= 0.3 is 0 Å². The number of amides is 1. The molecular formula is C16H24N4O. The van der Waals surface area contributed by atoms with Crippen molar-refractivity contribution in [3.05, 3.63) is 18.0 Å². The number of hydrogen-bond donors (Lipinski definition) is 0. The molecule has 114 valence electrons. The molecule has 1 atom stereocenters. The predicted octanol–water partition coefficient (Wildman–Crippen LogP) is 2.48. The van der Waals surface area contributed by atoms with Gasteiger partial charge in [0.15, 0.2) is 0 Å². The molecule has 0 N–H and O–H groups in total. The summed E-state index contributed by atoms with van der Waals surface area (Å²) in [6, 6.07) is 0.541. The van der Waals surface area contributed by atoms with Crippen molar-refractivity contribution in [2.75, 3.05) is 24.5 Å². The Morgan fingerprint density at radius 2 is 1.81 bits per heavy atom. The number of rotatable bonds is 3. The highest BCUT2D eigenvalue weighted by atomic mass is 16.2. The molecule has 1 amide bonds. The maximum Gasteiger partial charge on any atom is 0.256 e. The minimum atomic E-state index is 0.0738. The van der Waals surface area contributed by atoms with Gasteiger partial charge in [0.2, 0.25) is 5.95 Å². The van der Waals surface area contributed by atoms with E-state index in [4.69, 9.17) is 0 Å². The van der Waals surface area contributed by atoms with Crippen LogP contribution in [0.1, 0.15) is 55.8 Å². The average Bonchev–Trinajstić information content (AvgIpc) is 3.09. The van der Waals surface area contributed by atoms with E-state index in [9.17, 15) is 4.79 Å². The van der Waals surface area contributed by atoms with Crippen LogP contribution in [0.3, 0.4) is 0 Å². The van der Waals surface area contributed by atoms with Gasteiger partial charge in [0.1, 0.15) is 0 Å². The average molecular weight is 288 g/mol. The molecule has 1 unspecified atom stereocenters. The zero-order chi connectivity index (χ0) is 14.7. The molecule has 5 heteroatoms. The third-order valence-corrected chi connectivity index (χ3v) is 4.63. The molecule has 0 radical (unpaired) electrons. The molecule has 0 saturated carbocycles. The normalized spacial score (nSPS) is 22.6. The Labute approximate surface area is 126 Å². The lowest BCUT2D eigenvalue weighted by molar-refractivity contribution is 0.0792. The number of carbonyl (C=O) groups is 1. The molecule has 0 bridgehead atoms. The number of carbonyl (C=O) groups excluding carboxylic acids is 1. The van der Waals surface area contributed by atoms with Crippen molar-refractivity contribution in [1.82, 2.24) is 14.9 Å². The van der Waals surface area contributed by atoms with Gasteiger partial charge in [-0.2, -0.15) is 0 Å². The van der Waals surface area contributed by atoms with Gasteiger partial charge in [-0.1, -0.05) is 6.92 Å². The van der Waals surface area contributed by atoms with E-state index in [1.165, 1.54) is 19.3 Å². The standard InChI is InChI=1S/C16H24N4O/c1-2-14-7-3-4-10-20(14)16-17-11-13(12-18-16)15(21)19-8-5-6-9-19/h11-12,14H,2-10H2,1H3. The molecule has 2 fully saturated rings. The molecule has 3 rings (SSSR count). The molecule has 3 heterocycles. The zero-order valence-electron chi connectivity index (χ0n) is 12.8. The summed E-state index contributed by atoms with van der Waals surface area (Å²) in [5.41, 5.74) is 0.616. The van der Waals surface area contributed by atoms with Crippen LogP contribution < -0.4 is 4.90 Å². The number of hydrogen-bond acceptors (Lipinski definition) is 4. The van der Waals surface area contributed by atoms with Gasteiger partial charge < -0.3 is 9.80 Å². The van der Waals surface area contributed by atoms with Crippen LogP contribution in [0.5, 0.6) is 0 Å². The molecule has 5 nitrogen and oxygen atoms in total. The maximum absolute atomic E-state index is 12.3. The monoisotopic (exact) mass is 288 g/mol. The molecule has 2 aliphatic heterocycles. The van der Waals surface area contributed by atoms with Crippen LogP contribution in [0.25, 0.3) is 0 Å². The topological polar surface area (TPSA) is 49.3 Å². The highest BCUT2D eigenvalue weighted by molar-refractivity contribution is 5.93. The van der Waals surface area contributed by atoms with Crippen LogP contribution in [-0.2, 0) is 0 Å². The van der Waals surface area contributed by atoms with Crippen LogP contribution >= 0.6 is 0 Å². The molecule has 0 aromatic carbocycles. The van der Waals surface area contributed by atoms with Crippen molar-refractivity contribution in [2.24, 2.45) is 0 Å². The minimum Gasteiger partial charge on any atom is -0.339 e. The Balaban J connectivity index is 1.72. The van der Waals surface area contributed by atoms with Gasteiger partial charge in [0, 0.05) is 38.1 Å². The Bertz CT molecular complexity index is 482. The Morgan fingerprint density at radius 3 is 2.48 bits per heavy atom. The summed E-state index contributed by atoms with van der Waals surface area (Å²) in [6.45, 7) is 4.97. The van der Waals surface area contributed by atoms with Gasteiger partial charge in [-0.05, 0) is 38.5 Å². The van der Waals surface area contributed by atoms with E-state index in [2.05, 4.69) is 21.8 Å². The third-order valence-electron chi connectivity index (χ3n) is 4.63. The Hall–Kier alpha value is -1.65. The van der Waals surface area contributed by atoms with Gasteiger partial charge in [0.25, 0.3) is 5.91 Å². The number of likely N-dealkylation sites (tertiary alicyclic amines) is 1. The van der Waals surface area contributed by atoms with Crippen molar-refractivity contribution in [1.29, 1.82) is 0 Å². The molecule has 2 aliphatic rings. The first-order valence-corrected chi connectivity index (χ1v) is 8.17. The predicted molar refractivity (Wildman–Crippen MR) is 82.4 cm³/mol. The Kier molecular flexibility index (Phi) is 4.36. The number of anilines is 1. The zero-order valence-corrected chi connectivity index (χ0v) is 12.8. The fourth-order valence-corrected chi connectivity index (χ4v) is 3.37. The summed E-state index contributed by atoms with van der Waals surface area (Å²) in [4.78, 5) is 25.4.